The lowest BCUT2D eigenvalue weighted by Crippen LogP contribution is -2.41. The summed E-state index contributed by atoms with van der Waals surface area (Å²) < 4.78 is 10.9. The van der Waals surface area contributed by atoms with Crippen LogP contribution >= 0.6 is 0 Å². The molecule has 1 unspecified atom stereocenters. The number of furan rings is 1. The highest BCUT2D eigenvalue weighted by Gasteiger charge is 2.23. The van der Waals surface area contributed by atoms with Crippen LogP contribution in [0.25, 0.3) is 0 Å². The van der Waals surface area contributed by atoms with Crippen LogP contribution in [0.2, 0.25) is 0 Å². The smallest absolute Gasteiger partial charge is 0.326 e. The van der Waals surface area contributed by atoms with E-state index in [1.165, 1.54) is 0 Å². The minimum Gasteiger partial charge on any atom is -0.480 e. The lowest BCUT2D eigenvalue weighted by atomic mass is 10.1. The zero-order valence-electron chi connectivity index (χ0n) is 13.9. The number of carboxylic acids is 1. The molecule has 1 rings (SSSR count). The number of hydrogen-bond donors (Lipinski definition) is 2. The van der Waals surface area contributed by atoms with Crippen LogP contribution in [0, 0.1) is 6.92 Å². The Labute approximate surface area is 130 Å². The average molecular weight is 311 g/mol. The van der Waals surface area contributed by atoms with Gasteiger partial charge in [0.25, 0.3) is 5.91 Å². The molecule has 0 spiro atoms. The molecule has 0 saturated heterocycles. The van der Waals surface area contributed by atoms with Crippen LogP contribution in [0.15, 0.2) is 10.5 Å². The predicted molar refractivity (Wildman–Crippen MR) is 82.0 cm³/mol. The molecule has 1 atom stereocenters. The molecule has 0 aliphatic carbocycles. The van der Waals surface area contributed by atoms with Crippen molar-refractivity contribution >= 4 is 11.9 Å². The number of aryl methyl sites for hydroxylation is 2. The highest BCUT2D eigenvalue weighted by molar-refractivity contribution is 5.94. The van der Waals surface area contributed by atoms with Crippen molar-refractivity contribution in [1.82, 2.24) is 5.32 Å². The van der Waals surface area contributed by atoms with E-state index in [1.807, 2.05) is 34.6 Å². The molecule has 6 nitrogen and oxygen atoms in total. The first-order chi connectivity index (χ1) is 10.1. The van der Waals surface area contributed by atoms with Gasteiger partial charge in [0.05, 0.1) is 5.60 Å². The van der Waals surface area contributed by atoms with E-state index in [-0.39, 0.29) is 24.4 Å². The van der Waals surface area contributed by atoms with Crippen LogP contribution < -0.4 is 5.32 Å². The quantitative estimate of drug-likeness (QED) is 0.808. The van der Waals surface area contributed by atoms with Gasteiger partial charge in [-0.1, -0.05) is 6.92 Å². The van der Waals surface area contributed by atoms with Crippen molar-refractivity contribution < 1.29 is 23.8 Å². The Morgan fingerprint density at radius 2 is 2.05 bits per heavy atom. The van der Waals surface area contributed by atoms with E-state index in [0.717, 1.165) is 11.3 Å². The largest absolute Gasteiger partial charge is 0.480 e. The van der Waals surface area contributed by atoms with Gasteiger partial charge in [0.1, 0.15) is 11.8 Å². The molecule has 2 N–H and O–H groups in total. The molecule has 1 aromatic rings. The Morgan fingerprint density at radius 3 is 2.50 bits per heavy atom. The van der Waals surface area contributed by atoms with Gasteiger partial charge in [-0.2, -0.15) is 0 Å². The molecular formula is C16H25NO5. The normalized spacial score (nSPS) is 13.0. The zero-order chi connectivity index (χ0) is 16.9. The molecular weight excluding hydrogens is 286 g/mol. The number of carbonyl (C=O) groups excluding carboxylic acids is 1. The molecule has 0 aromatic carbocycles. The zero-order valence-corrected chi connectivity index (χ0v) is 13.9. The summed E-state index contributed by atoms with van der Waals surface area (Å²) in [4.78, 5) is 23.3. The molecule has 6 heteroatoms. The van der Waals surface area contributed by atoms with E-state index in [9.17, 15) is 14.7 Å². The molecule has 124 valence electrons. The second kappa shape index (κ2) is 7.45. The van der Waals surface area contributed by atoms with Gasteiger partial charge in [-0.05, 0) is 39.3 Å². The van der Waals surface area contributed by atoms with Crippen molar-refractivity contribution in [2.24, 2.45) is 0 Å². The van der Waals surface area contributed by atoms with E-state index in [4.69, 9.17) is 9.15 Å². The first kappa shape index (κ1) is 18.2. The fourth-order valence-electron chi connectivity index (χ4n) is 1.95. The second-order valence-electron chi connectivity index (χ2n) is 6.18. The molecule has 0 aliphatic rings. The Hall–Kier alpha value is -1.82. The van der Waals surface area contributed by atoms with Gasteiger partial charge in [0.2, 0.25) is 0 Å². The maximum absolute atomic E-state index is 12.1. The molecule has 1 amide bonds. The number of ether oxygens (including phenoxy) is 1. The van der Waals surface area contributed by atoms with Gasteiger partial charge in [-0.15, -0.1) is 0 Å². The van der Waals surface area contributed by atoms with Crippen molar-refractivity contribution in [3.8, 4) is 0 Å². The maximum Gasteiger partial charge on any atom is 0.326 e. The number of aliphatic carboxylic acids is 1. The number of carboxylic acid groups (broad SMARTS) is 1. The first-order valence-corrected chi connectivity index (χ1v) is 7.41. The van der Waals surface area contributed by atoms with Crippen molar-refractivity contribution in [1.29, 1.82) is 0 Å². The number of rotatable bonds is 7. The fourth-order valence-corrected chi connectivity index (χ4v) is 1.95. The number of carbonyl (C=O) groups is 2. The van der Waals surface area contributed by atoms with Crippen molar-refractivity contribution in [3.63, 3.8) is 0 Å². The molecule has 0 radical (unpaired) electrons. The Morgan fingerprint density at radius 1 is 1.41 bits per heavy atom. The highest BCUT2D eigenvalue weighted by atomic mass is 16.5. The predicted octanol–water partition coefficient (Wildman–Crippen LogP) is 2.54. The van der Waals surface area contributed by atoms with E-state index in [2.05, 4.69) is 5.32 Å². The van der Waals surface area contributed by atoms with Gasteiger partial charge < -0.3 is 19.6 Å². The standard InChI is InChI=1S/C16H25NO5/c1-6-12-10(2)9-13(22-12)14(18)17-11(15(19)20)7-8-21-16(3,4)5/h9,11H,6-8H2,1-5H3,(H,17,18)(H,19,20). The van der Waals surface area contributed by atoms with Gasteiger partial charge in [-0.3, -0.25) is 4.79 Å². The summed E-state index contributed by atoms with van der Waals surface area (Å²) in [6.45, 7) is 9.69. The summed E-state index contributed by atoms with van der Waals surface area (Å²) in [7, 11) is 0. The summed E-state index contributed by atoms with van der Waals surface area (Å²) in [5.41, 5.74) is 0.539. The average Bonchev–Trinajstić information content (AvgIpc) is 2.77. The lowest BCUT2D eigenvalue weighted by Gasteiger charge is -2.21. The Kier molecular flexibility index (Phi) is 6.17. The summed E-state index contributed by atoms with van der Waals surface area (Å²) in [6, 6.07) is 0.615. The van der Waals surface area contributed by atoms with Crippen molar-refractivity contribution in [2.45, 2.75) is 59.1 Å². The number of nitrogens with one attached hydrogen (secondary N) is 1. The van der Waals surface area contributed by atoms with E-state index in [0.29, 0.717) is 6.42 Å². The lowest BCUT2D eigenvalue weighted by molar-refractivity contribution is -0.140. The monoisotopic (exact) mass is 311 g/mol. The fraction of sp³-hybridized carbons (Fsp3) is 0.625. The van der Waals surface area contributed by atoms with Crippen molar-refractivity contribution in [2.75, 3.05) is 6.61 Å². The van der Waals surface area contributed by atoms with Crippen LogP contribution in [0.4, 0.5) is 0 Å². The van der Waals surface area contributed by atoms with E-state index < -0.39 is 17.9 Å². The van der Waals surface area contributed by atoms with Gasteiger partial charge in [0, 0.05) is 19.4 Å². The van der Waals surface area contributed by atoms with Gasteiger partial charge in [-0.25, -0.2) is 4.79 Å². The SMILES string of the molecule is CCc1oc(C(=O)NC(CCOC(C)(C)C)C(=O)O)cc1C. The van der Waals surface area contributed by atoms with Crippen LogP contribution in [-0.2, 0) is 16.0 Å². The highest BCUT2D eigenvalue weighted by Crippen LogP contribution is 2.15. The number of hydrogen-bond acceptors (Lipinski definition) is 4. The number of amides is 1. The van der Waals surface area contributed by atoms with Crippen LogP contribution in [0.3, 0.4) is 0 Å². The molecule has 22 heavy (non-hydrogen) atoms. The van der Waals surface area contributed by atoms with Gasteiger partial charge >= 0.3 is 5.97 Å². The first-order valence-electron chi connectivity index (χ1n) is 7.41. The van der Waals surface area contributed by atoms with Crippen LogP contribution in [-0.4, -0.2) is 35.2 Å². The van der Waals surface area contributed by atoms with E-state index in [1.54, 1.807) is 6.07 Å². The third-order valence-corrected chi connectivity index (χ3v) is 3.11. The summed E-state index contributed by atoms with van der Waals surface area (Å²) >= 11 is 0. The summed E-state index contributed by atoms with van der Waals surface area (Å²) in [5.74, 6) is -0.749. The minimum absolute atomic E-state index is 0.136. The maximum atomic E-state index is 12.1. The molecule has 0 aliphatic heterocycles. The van der Waals surface area contributed by atoms with Crippen molar-refractivity contribution in [3.05, 3.63) is 23.2 Å². The molecule has 0 bridgehead atoms. The Bertz CT molecular complexity index is 527. The second-order valence-corrected chi connectivity index (χ2v) is 6.18. The minimum atomic E-state index is -1.09. The van der Waals surface area contributed by atoms with Crippen LogP contribution in [0.5, 0.6) is 0 Å². The third-order valence-electron chi connectivity index (χ3n) is 3.11. The van der Waals surface area contributed by atoms with Gasteiger partial charge in [0.15, 0.2) is 5.76 Å². The summed E-state index contributed by atoms with van der Waals surface area (Å²) in [5, 5.41) is 11.7. The third kappa shape index (κ3) is 5.52. The molecule has 1 aromatic heterocycles. The molecule has 0 fully saturated rings. The summed E-state index contributed by atoms with van der Waals surface area (Å²) in [6.07, 6.45) is 0.875. The van der Waals surface area contributed by atoms with Crippen LogP contribution in [0.1, 0.15) is 56.0 Å². The topological polar surface area (TPSA) is 88.8 Å². The molecule has 0 saturated carbocycles. The van der Waals surface area contributed by atoms with E-state index >= 15 is 0 Å². The Balaban J connectivity index is 2.65. The molecule has 1 heterocycles.